The van der Waals surface area contributed by atoms with Crippen LogP contribution >= 0.6 is 7.82 Å². The van der Waals surface area contributed by atoms with E-state index < -0.39 is 26.5 Å². The van der Waals surface area contributed by atoms with E-state index in [1.54, 1.807) is 0 Å². The Kier molecular flexibility index (Phi) is 37.4. The molecule has 0 aromatic rings. The monoisotopic (exact) mass is 802 g/mol. The number of likely N-dealkylation sites (N-methyl/N-ethyl adjacent to an activating group) is 1. The first-order valence-electron chi connectivity index (χ1n) is 22.9. The number of allylic oxidation sites excluding steroid dienone is 2. The summed E-state index contributed by atoms with van der Waals surface area (Å²) < 4.78 is 33.9. The molecule has 0 aliphatic carbocycles. The molecule has 0 heterocycles. The van der Waals surface area contributed by atoms with Crippen LogP contribution < -0.4 is 4.89 Å². The van der Waals surface area contributed by atoms with Crippen molar-refractivity contribution in [2.24, 2.45) is 0 Å². The number of rotatable bonds is 42. The van der Waals surface area contributed by atoms with Gasteiger partial charge in [0, 0.05) is 12.8 Å². The van der Waals surface area contributed by atoms with E-state index >= 15 is 0 Å². The highest BCUT2D eigenvalue weighted by atomic mass is 31.2. The molecule has 0 N–H and O–H groups in total. The quantitative estimate of drug-likeness (QED) is 0.0197. The SMILES string of the molecule is CCCC/C=C/CCCCCCCC(=O)O[C@H](COC(=O)CCCCCCCCCCCCCCCCCCCCCC)COP(=O)([O-])OCC[N+](C)(C)C. The van der Waals surface area contributed by atoms with Gasteiger partial charge < -0.3 is 27.9 Å². The number of carbonyl (C=O) groups is 2. The number of hydrogen-bond donors (Lipinski definition) is 0. The zero-order valence-electron chi connectivity index (χ0n) is 36.6. The first-order valence-corrected chi connectivity index (χ1v) is 24.4. The minimum atomic E-state index is -4.62. The predicted octanol–water partition coefficient (Wildman–Crippen LogP) is 12.3. The summed E-state index contributed by atoms with van der Waals surface area (Å²) in [5.74, 6) is -0.836. The number of hydrogen-bond acceptors (Lipinski definition) is 8. The van der Waals surface area contributed by atoms with Gasteiger partial charge in [0.15, 0.2) is 6.10 Å². The molecule has 55 heavy (non-hydrogen) atoms. The Morgan fingerprint density at radius 3 is 1.40 bits per heavy atom. The summed E-state index contributed by atoms with van der Waals surface area (Å²) in [6.45, 7) is 4.20. The Morgan fingerprint density at radius 1 is 0.545 bits per heavy atom. The van der Waals surface area contributed by atoms with Gasteiger partial charge in [-0.1, -0.05) is 180 Å². The molecule has 0 fully saturated rings. The van der Waals surface area contributed by atoms with E-state index in [2.05, 4.69) is 26.0 Å². The van der Waals surface area contributed by atoms with E-state index in [-0.39, 0.29) is 32.0 Å². The number of ether oxygens (including phenoxy) is 2. The first-order chi connectivity index (χ1) is 26.5. The number of quaternary nitrogens is 1. The van der Waals surface area contributed by atoms with Gasteiger partial charge in [0.05, 0.1) is 27.7 Å². The molecule has 0 aliphatic rings. The van der Waals surface area contributed by atoms with Crippen LogP contribution in [0.15, 0.2) is 12.2 Å². The van der Waals surface area contributed by atoms with E-state index in [1.165, 1.54) is 122 Å². The predicted molar refractivity (Wildman–Crippen MR) is 227 cm³/mol. The maximum Gasteiger partial charge on any atom is 0.306 e. The van der Waals surface area contributed by atoms with Crippen LogP contribution in [0, 0.1) is 0 Å². The lowest BCUT2D eigenvalue weighted by Crippen LogP contribution is -2.37. The highest BCUT2D eigenvalue weighted by Crippen LogP contribution is 2.38. The van der Waals surface area contributed by atoms with Crippen molar-refractivity contribution in [1.82, 2.24) is 0 Å². The fourth-order valence-electron chi connectivity index (χ4n) is 6.40. The molecule has 0 aliphatic heterocycles. The molecule has 1 unspecified atom stereocenters. The van der Waals surface area contributed by atoms with Crippen LogP contribution in [0.3, 0.4) is 0 Å². The molecule has 0 bridgehead atoms. The maximum absolute atomic E-state index is 12.6. The van der Waals surface area contributed by atoms with Crippen LogP contribution in [-0.2, 0) is 32.7 Å². The molecule has 0 aromatic heterocycles. The molecule has 10 heteroatoms. The first kappa shape index (κ1) is 53.8. The average molecular weight is 802 g/mol. The van der Waals surface area contributed by atoms with Crippen molar-refractivity contribution in [3.63, 3.8) is 0 Å². The van der Waals surface area contributed by atoms with Crippen LogP contribution in [0.4, 0.5) is 0 Å². The molecule has 9 nitrogen and oxygen atoms in total. The van der Waals surface area contributed by atoms with Gasteiger partial charge in [0.1, 0.15) is 19.8 Å². The molecule has 2 atom stereocenters. The molecule has 326 valence electrons. The van der Waals surface area contributed by atoms with Gasteiger partial charge in [-0.25, -0.2) is 0 Å². The number of phosphoric acid groups is 1. The molecule has 0 saturated heterocycles. The zero-order valence-corrected chi connectivity index (χ0v) is 37.5. The largest absolute Gasteiger partial charge is 0.756 e. The smallest absolute Gasteiger partial charge is 0.306 e. The van der Waals surface area contributed by atoms with Crippen molar-refractivity contribution < 1.29 is 42.1 Å². The van der Waals surface area contributed by atoms with E-state index in [9.17, 15) is 19.0 Å². The maximum atomic E-state index is 12.6. The standard InChI is InChI=1S/C45H88NO8P/c1-6-8-10-12-14-16-18-19-20-21-22-23-24-25-26-28-29-31-33-35-37-44(47)51-41-43(42-53-55(49,50)52-40-39-46(3,4)5)54-45(48)38-36-34-32-30-27-17-15-13-11-9-7-2/h13,15,43H,6-12,14,16-42H2,1-5H3/b15-13+/t43-/m1/s1. The van der Waals surface area contributed by atoms with Crippen molar-refractivity contribution in [1.29, 1.82) is 0 Å². The third kappa shape index (κ3) is 42.2. The van der Waals surface area contributed by atoms with Crippen LogP contribution in [0.25, 0.3) is 0 Å². The Labute approximate surface area is 339 Å². The van der Waals surface area contributed by atoms with Crippen molar-refractivity contribution in [2.45, 2.75) is 219 Å². The Balaban J connectivity index is 4.21. The van der Waals surface area contributed by atoms with Crippen LogP contribution in [0.1, 0.15) is 213 Å². The zero-order chi connectivity index (χ0) is 40.7. The van der Waals surface area contributed by atoms with Crippen molar-refractivity contribution >= 4 is 19.8 Å². The van der Waals surface area contributed by atoms with E-state index in [0.717, 1.165) is 57.8 Å². The van der Waals surface area contributed by atoms with Crippen LogP contribution in [0.2, 0.25) is 0 Å². The third-order valence-corrected chi connectivity index (χ3v) is 11.0. The molecule has 0 saturated carbocycles. The third-order valence-electron chi connectivity index (χ3n) is 10.0. The molecule has 0 rings (SSSR count). The highest BCUT2D eigenvalue weighted by Gasteiger charge is 2.21. The fraction of sp³-hybridized carbons (Fsp3) is 0.911. The van der Waals surface area contributed by atoms with E-state index in [4.69, 9.17) is 18.5 Å². The number of nitrogens with zero attached hydrogens (tertiary/aromatic N) is 1. The highest BCUT2D eigenvalue weighted by molar-refractivity contribution is 7.45. The normalized spacial score (nSPS) is 13.6. The second-order valence-electron chi connectivity index (χ2n) is 16.8. The lowest BCUT2D eigenvalue weighted by molar-refractivity contribution is -0.870. The second kappa shape index (κ2) is 38.3. The van der Waals surface area contributed by atoms with Crippen LogP contribution in [0.5, 0.6) is 0 Å². The number of phosphoric ester groups is 1. The summed E-state index contributed by atoms with van der Waals surface area (Å²) in [5, 5.41) is 0. The van der Waals surface area contributed by atoms with Crippen molar-refractivity contribution in [3.8, 4) is 0 Å². The molecule has 0 aromatic carbocycles. The number of esters is 2. The van der Waals surface area contributed by atoms with Gasteiger partial charge in [-0.2, -0.15) is 0 Å². The summed E-state index contributed by atoms with van der Waals surface area (Å²) in [6.07, 6.45) is 39.6. The summed E-state index contributed by atoms with van der Waals surface area (Å²) >= 11 is 0. The molecule has 0 radical (unpaired) electrons. The van der Waals surface area contributed by atoms with Crippen molar-refractivity contribution in [2.75, 3.05) is 47.5 Å². The number of unbranched alkanes of at least 4 members (excludes halogenated alkanes) is 26. The van der Waals surface area contributed by atoms with Gasteiger partial charge >= 0.3 is 11.9 Å². The minimum Gasteiger partial charge on any atom is -0.756 e. The number of carbonyl (C=O) groups excluding carboxylic acids is 2. The lowest BCUT2D eigenvalue weighted by atomic mass is 10.0. The van der Waals surface area contributed by atoms with Gasteiger partial charge in [0.2, 0.25) is 0 Å². The topological polar surface area (TPSA) is 111 Å². The molecule has 0 amide bonds. The van der Waals surface area contributed by atoms with Gasteiger partial charge in [-0.15, -0.1) is 0 Å². The summed E-state index contributed by atoms with van der Waals surface area (Å²) in [5.41, 5.74) is 0. The molecular formula is C45H88NO8P. The minimum absolute atomic E-state index is 0.0294. The Hall–Kier alpha value is -1.25. The van der Waals surface area contributed by atoms with Gasteiger partial charge in [0.25, 0.3) is 7.82 Å². The molecule has 0 spiro atoms. The Bertz CT molecular complexity index is 954. The molecular weight excluding hydrogens is 713 g/mol. The lowest BCUT2D eigenvalue weighted by Gasteiger charge is -2.28. The fourth-order valence-corrected chi connectivity index (χ4v) is 7.13. The van der Waals surface area contributed by atoms with Crippen LogP contribution in [-0.4, -0.2) is 70.0 Å². The summed E-state index contributed by atoms with van der Waals surface area (Å²) in [4.78, 5) is 37.5. The average Bonchev–Trinajstić information content (AvgIpc) is 3.13. The van der Waals surface area contributed by atoms with E-state index in [1.807, 2.05) is 21.1 Å². The summed E-state index contributed by atoms with van der Waals surface area (Å²) in [7, 11) is 1.17. The van der Waals surface area contributed by atoms with E-state index in [0.29, 0.717) is 17.4 Å². The van der Waals surface area contributed by atoms with Gasteiger partial charge in [-0.3, -0.25) is 14.2 Å². The Morgan fingerprint density at radius 2 is 0.945 bits per heavy atom. The van der Waals surface area contributed by atoms with Gasteiger partial charge in [-0.05, 0) is 32.1 Å². The van der Waals surface area contributed by atoms with Crippen molar-refractivity contribution in [3.05, 3.63) is 12.2 Å². The summed E-state index contributed by atoms with van der Waals surface area (Å²) in [6, 6.07) is 0. The second-order valence-corrected chi connectivity index (χ2v) is 18.2.